The number of carboxylic acid groups (broad SMARTS) is 1. The predicted octanol–water partition coefficient (Wildman–Crippen LogP) is 3.97. The number of hydrogen-bond acceptors (Lipinski definition) is 2. The van der Waals surface area contributed by atoms with Crippen molar-refractivity contribution in [2.75, 3.05) is 13.1 Å². The summed E-state index contributed by atoms with van der Waals surface area (Å²) >= 11 is 0. The molecule has 0 saturated carbocycles. The highest BCUT2D eigenvalue weighted by Gasteiger charge is 2.33. The van der Waals surface area contributed by atoms with Gasteiger partial charge in [0.1, 0.15) is 0 Å². The molecular weight excluding hydrogens is 338 g/mol. The summed E-state index contributed by atoms with van der Waals surface area (Å²) < 4.78 is 0. The molecule has 1 heterocycles. The molecule has 3 atom stereocenters. The smallest absolute Gasteiger partial charge is 0.306 e. The van der Waals surface area contributed by atoms with E-state index in [4.69, 9.17) is 0 Å². The van der Waals surface area contributed by atoms with E-state index in [1.54, 1.807) is 0 Å². The SMILES string of the molecule is CC1CN(C(=O)CC(Cc2ccccc2)c2ccccc2)CCC1C(=O)O. The Morgan fingerprint density at radius 2 is 1.70 bits per heavy atom. The molecule has 3 rings (SSSR count). The minimum atomic E-state index is -0.749. The van der Waals surface area contributed by atoms with E-state index in [0.29, 0.717) is 25.9 Å². The normalized spacial score (nSPS) is 20.9. The lowest BCUT2D eigenvalue weighted by Crippen LogP contribution is -2.45. The van der Waals surface area contributed by atoms with Crippen molar-refractivity contribution in [3.8, 4) is 0 Å². The fourth-order valence-corrected chi connectivity index (χ4v) is 4.01. The number of amides is 1. The van der Waals surface area contributed by atoms with E-state index in [1.807, 2.05) is 48.2 Å². The summed E-state index contributed by atoms with van der Waals surface area (Å²) in [5.41, 5.74) is 2.39. The third-order valence-electron chi connectivity index (χ3n) is 5.59. The van der Waals surface area contributed by atoms with E-state index in [-0.39, 0.29) is 23.7 Å². The van der Waals surface area contributed by atoms with E-state index in [2.05, 4.69) is 24.3 Å². The Bertz CT molecular complexity index is 760. The number of benzene rings is 2. The van der Waals surface area contributed by atoms with Crippen molar-refractivity contribution in [1.82, 2.24) is 4.90 Å². The zero-order valence-corrected chi connectivity index (χ0v) is 15.8. The fourth-order valence-electron chi connectivity index (χ4n) is 4.01. The first-order valence-electron chi connectivity index (χ1n) is 9.64. The molecule has 0 spiro atoms. The largest absolute Gasteiger partial charge is 0.481 e. The number of carbonyl (C=O) groups is 2. The minimum absolute atomic E-state index is 0.00972. The van der Waals surface area contributed by atoms with E-state index < -0.39 is 5.97 Å². The number of likely N-dealkylation sites (tertiary alicyclic amines) is 1. The van der Waals surface area contributed by atoms with E-state index >= 15 is 0 Å². The molecule has 3 unspecified atom stereocenters. The number of piperidine rings is 1. The summed E-state index contributed by atoms with van der Waals surface area (Å²) in [6.07, 6.45) is 1.80. The van der Waals surface area contributed by atoms with Crippen LogP contribution in [-0.2, 0) is 16.0 Å². The van der Waals surface area contributed by atoms with Crippen LogP contribution in [0.2, 0.25) is 0 Å². The molecule has 2 aromatic carbocycles. The molecule has 27 heavy (non-hydrogen) atoms. The lowest BCUT2D eigenvalue weighted by molar-refractivity contribution is -0.148. The van der Waals surface area contributed by atoms with Gasteiger partial charge in [0.05, 0.1) is 5.92 Å². The van der Waals surface area contributed by atoms with Gasteiger partial charge in [0.25, 0.3) is 0 Å². The van der Waals surface area contributed by atoms with Gasteiger partial charge in [-0.3, -0.25) is 9.59 Å². The molecule has 4 nitrogen and oxygen atoms in total. The highest BCUT2D eigenvalue weighted by molar-refractivity contribution is 5.78. The second-order valence-electron chi connectivity index (χ2n) is 7.55. The zero-order valence-electron chi connectivity index (χ0n) is 15.8. The lowest BCUT2D eigenvalue weighted by Gasteiger charge is -2.35. The average molecular weight is 365 g/mol. The third kappa shape index (κ3) is 4.97. The summed E-state index contributed by atoms with van der Waals surface area (Å²) in [5.74, 6) is -0.863. The van der Waals surface area contributed by atoms with Crippen LogP contribution in [0.5, 0.6) is 0 Å². The molecule has 142 valence electrons. The molecule has 0 aromatic heterocycles. The highest BCUT2D eigenvalue weighted by Crippen LogP contribution is 2.28. The average Bonchev–Trinajstić information content (AvgIpc) is 2.68. The van der Waals surface area contributed by atoms with E-state index in [1.165, 1.54) is 11.1 Å². The van der Waals surface area contributed by atoms with Gasteiger partial charge in [-0.15, -0.1) is 0 Å². The Hall–Kier alpha value is -2.62. The number of hydrogen-bond donors (Lipinski definition) is 1. The van der Waals surface area contributed by atoms with Gasteiger partial charge in [0, 0.05) is 19.5 Å². The van der Waals surface area contributed by atoms with Gasteiger partial charge in [-0.05, 0) is 35.8 Å². The van der Waals surface area contributed by atoms with Gasteiger partial charge in [0.15, 0.2) is 0 Å². The highest BCUT2D eigenvalue weighted by atomic mass is 16.4. The van der Waals surface area contributed by atoms with E-state index in [0.717, 1.165) is 6.42 Å². The minimum Gasteiger partial charge on any atom is -0.481 e. The number of rotatable bonds is 6. The molecule has 1 amide bonds. The first-order valence-corrected chi connectivity index (χ1v) is 9.64. The van der Waals surface area contributed by atoms with Crippen LogP contribution < -0.4 is 0 Å². The number of nitrogens with zero attached hydrogens (tertiary/aromatic N) is 1. The van der Waals surface area contributed by atoms with Crippen LogP contribution in [0.1, 0.15) is 36.8 Å². The summed E-state index contributed by atoms with van der Waals surface area (Å²) in [6.45, 7) is 2.99. The molecular formula is C23H27NO3. The molecule has 1 aliphatic heterocycles. The first kappa shape index (κ1) is 19.2. The quantitative estimate of drug-likeness (QED) is 0.843. The molecule has 1 saturated heterocycles. The van der Waals surface area contributed by atoms with Gasteiger partial charge in [-0.2, -0.15) is 0 Å². The molecule has 0 radical (unpaired) electrons. The van der Waals surface area contributed by atoms with Gasteiger partial charge >= 0.3 is 5.97 Å². The Morgan fingerprint density at radius 1 is 1.07 bits per heavy atom. The van der Waals surface area contributed by atoms with Crippen molar-refractivity contribution in [2.45, 2.75) is 32.1 Å². The standard InChI is InChI=1S/C23H27NO3/c1-17-16-24(13-12-21(17)23(26)27)22(25)15-20(19-10-6-3-7-11-19)14-18-8-4-2-5-9-18/h2-11,17,20-21H,12-16H2,1H3,(H,26,27). The van der Waals surface area contributed by atoms with Gasteiger partial charge in [0.2, 0.25) is 5.91 Å². The van der Waals surface area contributed by atoms with Crippen LogP contribution >= 0.6 is 0 Å². The first-order chi connectivity index (χ1) is 13.0. The number of carboxylic acids is 1. The van der Waals surface area contributed by atoms with Crippen molar-refractivity contribution in [3.63, 3.8) is 0 Å². The molecule has 1 N–H and O–H groups in total. The third-order valence-corrected chi connectivity index (χ3v) is 5.59. The van der Waals surface area contributed by atoms with Gasteiger partial charge in [-0.1, -0.05) is 67.6 Å². The molecule has 4 heteroatoms. The van der Waals surface area contributed by atoms with Gasteiger partial charge < -0.3 is 10.0 Å². The van der Waals surface area contributed by atoms with Crippen molar-refractivity contribution in [2.24, 2.45) is 11.8 Å². The molecule has 2 aromatic rings. The van der Waals surface area contributed by atoms with Crippen molar-refractivity contribution >= 4 is 11.9 Å². The Kier molecular flexibility index (Phi) is 6.28. The topological polar surface area (TPSA) is 57.6 Å². The van der Waals surface area contributed by atoms with Crippen LogP contribution in [0.3, 0.4) is 0 Å². The van der Waals surface area contributed by atoms with E-state index in [9.17, 15) is 14.7 Å². The van der Waals surface area contributed by atoms with Crippen LogP contribution in [0.25, 0.3) is 0 Å². The van der Waals surface area contributed by atoms with Crippen LogP contribution in [0.15, 0.2) is 60.7 Å². The summed E-state index contributed by atoms with van der Waals surface area (Å²) in [5, 5.41) is 9.29. The number of carbonyl (C=O) groups excluding carboxylic acids is 1. The molecule has 0 bridgehead atoms. The summed E-state index contributed by atoms with van der Waals surface area (Å²) in [7, 11) is 0. The second-order valence-corrected chi connectivity index (χ2v) is 7.55. The summed E-state index contributed by atoms with van der Waals surface area (Å²) in [4.78, 5) is 26.1. The maximum Gasteiger partial charge on any atom is 0.306 e. The molecule has 1 aliphatic rings. The predicted molar refractivity (Wildman–Crippen MR) is 105 cm³/mol. The van der Waals surface area contributed by atoms with Crippen molar-refractivity contribution < 1.29 is 14.7 Å². The Morgan fingerprint density at radius 3 is 2.30 bits per heavy atom. The summed E-state index contributed by atoms with van der Waals surface area (Å²) in [6, 6.07) is 20.4. The zero-order chi connectivity index (χ0) is 19.2. The maximum atomic E-state index is 13.0. The Labute approximate surface area is 160 Å². The van der Waals surface area contributed by atoms with Gasteiger partial charge in [-0.25, -0.2) is 0 Å². The second kappa shape index (κ2) is 8.85. The molecule has 1 fully saturated rings. The lowest BCUT2D eigenvalue weighted by atomic mass is 9.85. The number of aliphatic carboxylic acids is 1. The monoisotopic (exact) mass is 365 g/mol. The van der Waals surface area contributed by atoms with Crippen LogP contribution in [0, 0.1) is 11.8 Å². The fraction of sp³-hybridized carbons (Fsp3) is 0.391. The molecule has 0 aliphatic carbocycles. The Balaban J connectivity index is 1.70. The van der Waals surface area contributed by atoms with Crippen molar-refractivity contribution in [3.05, 3.63) is 71.8 Å². The maximum absolute atomic E-state index is 13.0. The van der Waals surface area contributed by atoms with Crippen LogP contribution in [0.4, 0.5) is 0 Å². The van der Waals surface area contributed by atoms with Crippen LogP contribution in [-0.4, -0.2) is 35.0 Å². The van der Waals surface area contributed by atoms with Crippen molar-refractivity contribution in [1.29, 1.82) is 0 Å².